The molecule has 36 heavy (non-hydrogen) atoms. The molecule has 0 atom stereocenters. The molecule has 0 aliphatic rings. The Morgan fingerprint density at radius 3 is 1.11 bits per heavy atom. The van der Waals surface area contributed by atoms with E-state index in [4.69, 9.17) is 0 Å². The zero-order valence-corrected chi connectivity index (χ0v) is 21.8. The monoisotopic (exact) mass is 587 g/mol. The third-order valence-corrected chi connectivity index (χ3v) is 6.62. The Morgan fingerprint density at radius 1 is 0.611 bits per heavy atom. The summed E-state index contributed by atoms with van der Waals surface area (Å²) in [5, 5.41) is 0. The van der Waals surface area contributed by atoms with Crippen LogP contribution in [0.5, 0.6) is 0 Å². The summed E-state index contributed by atoms with van der Waals surface area (Å²) in [5.74, 6) is 0. The van der Waals surface area contributed by atoms with Crippen molar-refractivity contribution in [2.45, 2.75) is 63.6 Å². The first kappa shape index (κ1) is 36.2. The first-order valence-corrected chi connectivity index (χ1v) is 13.2. The van der Waals surface area contributed by atoms with E-state index in [2.05, 4.69) is 72.0 Å². The van der Waals surface area contributed by atoms with Gasteiger partial charge in [-0.1, -0.05) is 38.8 Å². The minimum absolute atomic E-state index is 0. The van der Waals surface area contributed by atoms with Crippen LogP contribution >= 0.6 is 0 Å². The highest BCUT2D eigenvalue weighted by Gasteiger charge is 2.46. The Labute approximate surface area is 213 Å². The largest absolute Gasteiger partial charge is 1.00 e. The molecule has 7 nitrogen and oxygen atoms in total. The van der Waals surface area contributed by atoms with E-state index in [1.165, 1.54) is 25.7 Å². The maximum absolute atomic E-state index is 11.4. The average Bonchev–Trinajstić information content (AvgIpc) is 2.76. The van der Waals surface area contributed by atoms with Crippen LogP contribution in [0.3, 0.4) is 0 Å². The van der Waals surface area contributed by atoms with Crippen molar-refractivity contribution in [1.29, 1.82) is 0 Å². The predicted molar refractivity (Wildman–Crippen MR) is 116 cm³/mol. The molecular formula is C20H28ClF6N3O4S2. The fourth-order valence-electron chi connectivity index (χ4n) is 2.06. The van der Waals surface area contributed by atoms with Crippen LogP contribution in [0.4, 0.5) is 26.3 Å². The molecular weight excluding hydrogens is 560 g/mol. The number of hydrogen-bond donors (Lipinski definition) is 0. The second-order valence-corrected chi connectivity index (χ2v) is 10.3. The van der Waals surface area contributed by atoms with Gasteiger partial charge in [0.1, 0.15) is 13.1 Å². The van der Waals surface area contributed by atoms with Gasteiger partial charge in [0.05, 0.1) is 0 Å². The number of alkyl halides is 6. The molecule has 0 amide bonds. The summed E-state index contributed by atoms with van der Waals surface area (Å²) in [4.78, 5) is 0. The van der Waals surface area contributed by atoms with Gasteiger partial charge in [-0.15, -0.1) is 0 Å². The molecule has 0 spiro atoms. The summed E-state index contributed by atoms with van der Waals surface area (Å²) in [7, 11) is -13.4. The topological polar surface area (TPSA) is 90.1 Å². The molecule has 0 bridgehead atoms. The summed E-state index contributed by atoms with van der Waals surface area (Å²) < 4.78 is 114. The number of aryl methyl sites for hydroxylation is 2. The first-order valence-electron chi connectivity index (χ1n) is 10.3. The summed E-state index contributed by atoms with van der Waals surface area (Å²) >= 11 is 0. The van der Waals surface area contributed by atoms with Gasteiger partial charge in [0.2, 0.25) is 0 Å². The molecule has 0 saturated carbocycles. The van der Waals surface area contributed by atoms with E-state index < -0.39 is 31.1 Å². The van der Waals surface area contributed by atoms with Crippen LogP contribution in [-0.4, -0.2) is 27.9 Å². The van der Waals surface area contributed by atoms with Gasteiger partial charge in [-0.2, -0.15) is 26.3 Å². The summed E-state index contributed by atoms with van der Waals surface area (Å²) in [6.07, 6.45) is 13.5. The Morgan fingerprint density at radius 2 is 0.889 bits per heavy atom. The van der Waals surface area contributed by atoms with Gasteiger partial charge in [-0.25, -0.2) is 26.0 Å². The number of unbranched alkanes of at least 4 members (excludes halogenated alkanes) is 2. The van der Waals surface area contributed by atoms with E-state index >= 15 is 0 Å². The van der Waals surface area contributed by atoms with E-state index in [0.29, 0.717) is 0 Å². The zero-order chi connectivity index (χ0) is 27.2. The van der Waals surface area contributed by atoms with Crippen LogP contribution in [0, 0.1) is 0 Å². The number of rotatable bonds is 8. The van der Waals surface area contributed by atoms with E-state index in [1.807, 2.05) is 12.1 Å². The van der Waals surface area contributed by atoms with Gasteiger partial charge in [0.25, 0.3) is 0 Å². The van der Waals surface area contributed by atoms with Gasteiger partial charge in [0, 0.05) is 37.1 Å². The van der Waals surface area contributed by atoms with Gasteiger partial charge in [-0.3, -0.25) is 0 Å². The number of aromatic nitrogens is 2. The predicted octanol–water partition coefficient (Wildman–Crippen LogP) is 1.61. The molecule has 0 fully saturated rings. The lowest BCUT2D eigenvalue weighted by molar-refractivity contribution is -0.697. The quantitative estimate of drug-likeness (QED) is 0.347. The van der Waals surface area contributed by atoms with E-state index in [9.17, 15) is 43.2 Å². The lowest BCUT2D eigenvalue weighted by Gasteiger charge is -2.22. The van der Waals surface area contributed by atoms with E-state index in [-0.39, 0.29) is 12.4 Å². The zero-order valence-electron chi connectivity index (χ0n) is 19.5. The van der Waals surface area contributed by atoms with Crippen molar-refractivity contribution in [1.82, 2.24) is 0 Å². The molecule has 0 aliphatic carbocycles. The van der Waals surface area contributed by atoms with E-state index in [1.54, 1.807) is 0 Å². The summed E-state index contributed by atoms with van der Waals surface area (Å²) in [6.45, 7) is 6.72. The Kier molecular flexibility index (Phi) is 16.8. The van der Waals surface area contributed by atoms with Crippen molar-refractivity contribution in [3.8, 4) is 0 Å². The fourth-order valence-corrected chi connectivity index (χ4v) is 3.77. The van der Waals surface area contributed by atoms with Gasteiger partial charge in [-0.05, 0) is 0 Å². The van der Waals surface area contributed by atoms with Crippen molar-refractivity contribution in [2.75, 3.05) is 0 Å². The highest BCUT2D eigenvalue weighted by atomic mass is 35.5. The van der Waals surface area contributed by atoms with Crippen molar-refractivity contribution in [2.24, 2.45) is 0 Å². The molecule has 208 valence electrons. The van der Waals surface area contributed by atoms with Gasteiger partial charge >= 0.3 is 11.0 Å². The van der Waals surface area contributed by atoms with Crippen LogP contribution < -0.4 is 21.5 Å². The lowest BCUT2D eigenvalue weighted by atomic mass is 10.3. The van der Waals surface area contributed by atoms with Crippen molar-refractivity contribution in [3.05, 3.63) is 65.3 Å². The lowest BCUT2D eigenvalue weighted by Crippen LogP contribution is -3.00. The Hall–Kier alpha value is -1.97. The van der Waals surface area contributed by atoms with E-state index in [0.717, 1.165) is 17.2 Å². The highest BCUT2D eigenvalue weighted by molar-refractivity contribution is 8.13. The molecule has 0 N–H and O–H groups in total. The van der Waals surface area contributed by atoms with Crippen LogP contribution in [-0.2, 0) is 33.1 Å². The molecule has 0 radical (unpaired) electrons. The van der Waals surface area contributed by atoms with Gasteiger partial charge < -0.3 is 16.5 Å². The SMILES string of the molecule is CCCC[n+]1ccccc1.CCCC[n+]1ccccc1.O=S(=O)([N-]S(=O)(=O)C(F)(F)F)C(F)(F)F.[Cl-]. The van der Waals surface area contributed by atoms with Crippen LogP contribution in [0.25, 0.3) is 4.13 Å². The standard InChI is InChI=1S/2C9H14N.C2F6NO4S2.ClH/c2*1-2-3-7-10-8-5-4-6-9-10;3-1(4,5)14(10,11)9-15(12,13)2(6,7)8;/h2*4-6,8-9H,2-3,7H2,1H3;;1H/q2*+1;-1;/p-1. The second kappa shape index (κ2) is 16.7. The van der Waals surface area contributed by atoms with Crippen LogP contribution in [0.2, 0.25) is 0 Å². The first-order chi connectivity index (χ1) is 16.1. The number of sulfonamides is 2. The number of halogens is 7. The summed E-state index contributed by atoms with van der Waals surface area (Å²) in [5.41, 5.74) is -12.4. The molecule has 2 heterocycles. The summed E-state index contributed by atoms with van der Waals surface area (Å²) in [6, 6.07) is 12.3. The molecule has 16 heteroatoms. The van der Waals surface area contributed by atoms with Gasteiger partial charge in [0.15, 0.2) is 44.8 Å². The number of hydrogen-bond acceptors (Lipinski definition) is 4. The minimum Gasteiger partial charge on any atom is -1.00 e. The minimum atomic E-state index is -6.72. The molecule has 0 saturated heterocycles. The third-order valence-electron chi connectivity index (χ3n) is 3.88. The molecule has 0 aliphatic heterocycles. The number of pyridine rings is 2. The van der Waals surface area contributed by atoms with Crippen molar-refractivity contribution in [3.63, 3.8) is 0 Å². The Balaban J connectivity index is 0. The molecule has 2 aromatic heterocycles. The van der Waals surface area contributed by atoms with Crippen LogP contribution in [0.1, 0.15) is 39.5 Å². The maximum Gasteiger partial charge on any atom is 0.480 e. The molecule has 0 aromatic carbocycles. The Bertz CT molecular complexity index is 969. The normalized spacial score (nSPS) is 11.8. The smallest absolute Gasteiger partial charge is 0.480 e. The maximum atomic E-state index is 11.4. The molecule has 2 aromatic rings. The van der Waals surface area contributed by atoms with Crippen LogP contribution in [0.15, 0.2) is 61.2 Å². The fraction of sp³-hybridized carbons (Fsp3) is 0.500. The average molecular weight is 588 g/mol. The highest BCUT2D eigenvalue weighted by Crippen LogP contribution is 2.36. The van der Waals surface area contributed by atoms with Crippen molar-refractivity contribution >= 4 is 20.0 Å². The van der Waals surface area contributed by atoms with Crippen molar-refractivity contribution < 1.29 is 64.7 Å². The molecule has 0 unspecified atom stereocenters. The second-order valence-electron chi connectivity index (χ2n) is 6.85. The third kappa shape index (κ3) is 14.6. The number of nitrogens with zero attached hydrogens (tertiary/aromatic N) is 3. The molecule has 2 rings (SSSR count).